The molecule has 24 heavy (non-hydrogen) atoms. The molecule has 0 aromatic heterocycles. The Morgan fingerprint density at radius 3 is 2.38 bits per heavy atom. The number of carbonyl (C=O) groups is 1. The summed E-state index contributed by atoms with van der Waals surface area (Å²) in [4.78, 5) is 14.9. The summed E-state index contributed by atoms with van der Waals surface area (Å²) < 4.78 is 5.29. The number of nitrogens with zero attached hydrogens (tertiary/aromatic N) is 3. The quantitative estimate of drug-likeness (QED) is 0.470. The molecule has 0 spiro atoms. The molecular weight excluding hydrogens is 308 g/mol. The highest BCUT2D eigenvalue weighted by Gasteiger charge is 2.41. The van der Waals surface area contributed by atoms with Crippen LogP contribution in [0.25, 0.3) is 10.4 Å². The third kappa shape index (κ3) is 5.44. The van der Waals surface area contributed by atoms with E-state index in [9.17, 15) is 9.90 Å². The predicted octanol–water partition coefficient (Wildman–Crippen LogP) is 3.73. The van der Waals surface area contributed by atoms with Gasteiger partial charge >= 0.3 is 6.09 Å². The van der Waals surface area contributed by atoms with Gasteiger partial charge < -0.3 is 15.2 Å². The fraction of sp³-hybridized carbons (Fsp3) is 0.588. The molecule has 0 aliphatic carbocycles. The number of amides is 1. The van der Waals surface area contributed by atoms with E-state index in [-0.39, 0.29) is 12.5 Å². The van der Waals surface area contributed by atoms with Gasteiger partial charge in [0.15, 0.2) is 0 Å². The van der Waals surface area contributed by atoms with Crippen molar-refractivity contribution in [3.8, 4) is 0 Å². The molecule has 1 aromatic carbocycles. The molecule has 0 heterocycles. The summed E-state index contributed by atoms with van der Waals surface area (Å²) >= 11 is 0. The Kier molecular flexibility index (Phi) is 6.63. The zero-order valence-corrected chi connectivity index (χ0v) is 14.9. The first kappa shape index (κ1) is 19.8. The zero-order chi connectivity index (χ0) is 18.4. The molecule has 0 aliphatic rings. The van der Waals surface area contributed by atoms with Crippen molar-refractivity contribution < 1.29 is 14.6 Å². The fourth-order valence-corrected chi connectivity index (χ4v) is 2.51. The summed E-state index contributed by atoms with van der Waals surface area (Å²) in [7, 11) is 0. The lowest BCUT2D eigenvalue weighted by atomic mass is 9.80. The van der Waals surface area contributed by atoms with Crippen LogP contribution in [0.5, 0.6) is 0 Å². The van der Waals surface area contributed by atoms with Gasteiger partial charge in [0.2, 0.25) is 0 Å². The minimum Gasteiger partial charge on any atom is -0.444 e. The Labute approximate surface area is 142 Å². The van der Waals surface area contributed by atoms with Crippen LogP contribution in [0.15, 0.2) is 35.4 Å². The second kappa shape index (κ2) is 8.04. The van der Waals surface area contributed by atoms with Crippen molar-refractivity contribution in [2.75, 3.05) is 6.54 Å². The molecule has 0 aliphatic heterocycles. The Bertz CT molecular complexity index is 592. The van der Waals surface area contributed by atoms with Crippen LogP contribution in [0.2, 0.25) is 0 Å². The fourth-order valence-electron chi connectivity index (χ4n) is 2.51. The standard InChI is InChI=1S/C17H26N4O3/c1-12(2)14(20-15(22)24-16(3,4)5)17(23,11-19-21-18)13-9-7-6-8-10-13/h6-10,12,14,23H,11H2,1-5H3,(H,20,22). The minimum atomic E-state index is -1.54. The van der Waals surface area contributed by atoms with Gasteiger partial charge in [0.05, 0.1) is 12.6 Å². The molecule has 2 atom stereocenters. The first-order valence-electron chi connectivity index (χ1n) is 7.88. The first-order chi connectivity index (χ1) is 11.1. The second-order valence-electron chi connectivity index (χ2n) is 7.05. The number of hydrogen-bond donors (Lipinski definition) is 2. The van der Waals surface area contributed by atoms with Gasteiger partial charge in [0.25, 0.3) is 0 Å². The highest BCUT2D eigenvalue weighted by Crippen LogP contribution is 2.30. The van der Waals surface area contributed by atoms with Gasteiger partial charge in [-0.05, 0) is 37.8 Å². The van der Waals surface area contributed by atoms with Crippen molar-refractivity contribution in [1.29, 1.82) is 0 Å². The number of rotatable bonds is 6. The summed E-state index contributed by atoms with van der Waals surface area (Å²) in [5, 5.41) is 17.5. The maximum absolute atomic E-state index is 12.2. The van der Waals surface area contributed by atoms with E-state index in [2.05, 4.69) is 15.3 Å². The lowest BCUT2D eigenvalue weighted by molar-refractivity contribution is -0.0185. The maximum atomic E-state index is 12.2. The van der Waals surface area contributed by atoms with Crippen molar-refractivity contribution in [3.63, 3.8) is 0 Å². The number of ether oxygens (including phenoxy) is 1. The summed E-state index contributed by atoms with van der Waals surface area (Å²) in [5.41, 5.74) is 7.03. The molecular formula is C17H26N4O3. The molecule has 2 N–H and O–H groups in total. The molecule has 1 rings (SSSR count). The van der Waals surface area contributed by atoms with E-state index < -0.39 is 23.3 Å². The van der Waals surface area contributed by atoms with E-state index in [1.165, 1.54) is 0 Å². The Morgan fingerprint density at radius 2 is 1.92 bits per heavy atom. The molecule has 0 fully saturated rings. The Hall–Kier alpha value is -2.24. The lowest BCUT2D eigenvalue weighted by Crippen LogP contribution is -2.56. The Morgan fingerprint density at radius 1 is 1.33 bits per heavy atom. The van der Waals surface area contributed by atoms with E-state index in [0.29, 0.717) is 5.56 Å². The minimum absolute atomic E-state index is 0.128. The van der Waals surface area contributed by atoms with Gasteiger partial charge in [-0.3, -0.25) is 0 Å². The van der Waals surface area contributed by atoms with Crippen LogP contribution < -0.4 is 5.32 Å². The highest BCUT2D eigenvalue weighted by molar-refractivity contribution is 5.68. The lowest BCUT2D eigenvalue weighted by Gasteiger charge is -2.38. The number of aliphatic hydroxyl groups is 1. The van der Waals surface area contributed by atoms with E-state index in [1.807, 2.05) is 19.9 Å². The van der Waals surface area contributed by atoms with Crippen LogP contribution in [-0.4, -0.2) is 29.4 Å². The van der Waals surface area contributed by atoms with Crippen molar-refractivity contribution in [2.45, 2.75) is 51.9 Å². The van der Waals surface area contributed by atoms with Crippen LogP contribution in [0.3, 0.4) is 0 Å². The summed E-state index contributed by atoms with van der Waals surface area (Å²) in [6, 6.07) is 8.16. The number of alkyl carbamates (subject to hydrolysis) is 1. The van der Waals surface area contributed by atoms with Crippen LogP contribution in [-0.2, 0) is 10.3 Å². The molecule has 132 valence electrons. The summed E-state index contributed by atoms with van der Waals surface area (Å²) in [6.45, 7) is 8.82. The maximum Gasteiger partial charge on any atom is 0.407 e. The zero-order valence-electron chi connectivity index (χ0n) is 14.9. The molecule has 0 saturated heterocycles. The SMILES string of the molecule is CC(C)C(NC(=O)OC(C)(C)C)C(O)(CN=[N+]=[N-])c1ccccc1. The van der Waals surface area contributed by atoms with Crippen molar-refractivity contribution >= 4 is 6.09 Å². The molecule has 1 amide bonds. The largest absolute Gasteiger partial charge is 0.444 e. The summed E-state index contributed by atoms with van der Waals surface area (Å²) in [5.74, 6) is -0.128. The van der Waals surface area contributed by atoms with Gasteiger partial charge in [0, 0.05) is 4.91 Å². The van der Waals surface area contributed by atoms with E-state index >= 15 is 0 Å². The number of carbonyl (C=O) groups excluding carboxylic acids is 1. The first-order valence-corrected chi connectivity index (χ1v) is 7.88. The van der Waals surface area contributed by atoms with E-state index in [1.54, 1.807) is 45.0 Å². The molecule has 1 aromatic rings. The van der Waals surface area contributed by atoms with Gasteiger partial charge in [-0.2, -0.15) is 0 Å². The topological polar surface area (TPSA) is 107 Å². The molecule has 0 bridgehead atoms. The average molecular weight is 334 g/mol. The van der Waals surface area contributed by atoms with Crippen LogP contribution in [0.1, 0.15) is 40.2 Å². The van der Waals surface area contributed by atoms with Gasteiger partial charge in [-0.15, -0.1) is 0 Å². The monoisotopic (exact) mass is 334 g/mol. The Balaban J connectivity index is 3.19. The van der Waals surface area contributed by atoms with E-state index in [0.717, 1.165) is 0 Å². The van der Waals surface area contributed by atoms with Gasteiger partial charge in [0.1, 0.15) is 11.2 Å². The second-order valence-corrected chi connectivity index (χ2v) is 7.05. The van der Waals surface area contributed by atoms with E-state index in [4.69, 9.17) is 10.3 Å². The summed E-state index contributed by atoms with van der Waals surface area (Å²) in [6.07, 6.45) is -0.628. The van der Waals surface area contributed by atoms with Gasteiger partial charge in [-0.25, -0.2) is 4.79 Å². The van der Waals surface area contributed by atoms with Crippen LogP contribution in [0.4, 0.5) is 4.79 Å². The molecule has 0 saturated carbocycles. The van der Waals surface area contributed by atoms with Gasteiger partial charge in [-0.1, -0.05) is 49.3 Å². The number of benzene rings is 1. The highest BCUT2D eigenvalue weighted by atomic mass is 16.6. The third-order valence-electron chi connectivity index (χ3n) is 3.50. The van der Waals surface area contributed by atoms with Crippen LogP contribution in [0, 0.1) is 5.92 Å². The average Bonchev–Trinajstić information content (AvgIpc) is 2.49. The van der Waals surface area contributed by atoms with Crippen molar-refractivity contribution in [2.24, 2.45) is 11.0 Å². The molecule has 7 nitrogen and oxygen atoms in total. The smallest absolute Gasteiger partial charge is 0.407 e. The number of hydrogen-bond acceptors (Lipinski definition) is 4. The number of nitrogens with one attached hydrogen (secondary N) is 1. The number of azide groups is 1. The van der Waals surface area contributed by atoms with Crippen molar-refractivity contribution in [3.05, 3.63) is 46.3 Å². The predicted molar refractivity (Wildman–Crippen MR) is 92.3 cm³/mol. The molecule has 2 unspecified atom stereocenters. The van der Waals surface area contributed by atoms with Crippen molar-refractivity contribution in [1.82, 2.24) is 5.32 Å². The third-order valence-corrected chi connectivity index (χ3v) is 3.50. The van der Waals surface area contributed by atoms with Crippen LogP contribution >= 0.6 is 0 Å². The molecule has 0 radical (unpaired) electrons. The normalized spacial score (nSPS) is 15.1. The molecule has 7 heteroatoms.